The van der Waals surface area contributed by atoms with Crippen LogP contribution in [0.1, 0.15) is 46.0 Å². The summed E-state index contributed by atoms with van der Waals surface area (Å²) in [4.78, 5) is 14.6. The van der Waals surface area contributed by atoms with Crippen molar-refractivity contribution in [2.75, 3.05) is 13.1 Å². The van der Waals surface area contributed by atoms with E-state index in [2.05, 4.69) is 24.8 Å². The maximum atomic E-state index is 12.5. The fourth-order valence-corrected chi connectivity index (χ4v) is 3.87. The third-order valence-electron chi connectivity index (χ3n) is 5.36. The lowest BCUT2D eigenvalue weighted by molar-refractivity contribution is -0.131. The highest BCUT2D eigenvalue weighted by molar-refractivity contribution is 5.94. The largest absolute Gasteiger partial charge is 0.339 e. The molecule has 0 spiro atoms. The first-order chi connectivity index (χ1) is 8.10. The Hall–Kier alpha value is -0.790. The summed E-state index contributed by atoms with van der Waals surface area (Å²) in [6.07, 6.45) is 8.28. The summed E-state index contributed by atoms with van der Waals surface area (Å²) in [5.74, 6) is 1.71. The van der Waals surface area contributed by atoms with Crippen LogP contribution in [-0.2, 0) is 4.79 Å². The molecule has 0 aromatic carbocycles. The Labute approximate surface area is 104 Å². The van der Waals surface area contributed by atoms with Crippen molar-refractivity contribution in [1.82, 2.24) is 4.90 Å². The SMILES string of the molecule is CC1(C)[C@@H]2CC=C(C(=O)N3CCCCC3)[C@H]1C2. The van der Waals surface area contributed by atoms with Crippen LogP contribution < -0.4 is 0 Å². The van der Waals surface area contributed by atoms with E-state index in [0.717, 1.165) is 31.0 Å². The van der Waals surface area contributed by atoms with Gasteiger partial charge in [0.1, 0.15) is 0 Å². The van der Waals surface area contributed by atoms with Gasteiger partial charge in [-0.05, 0) is 49.4 Å². The van der Waals surface area contributed by atoms with Crippen LogP contribution in [0.2, 0.25) is 0 Å². The number of amides is 1. The highest BCUT2D eigenvalue weighted by atomic mass is 16.2. The molecular weight excluding hydrogens is 210 g/mol. The van der Waals surface area contributed by atoms with Gasteiger partial charge in [-0.2, -0.15) is 0 Å². The van der Waals surface area contributed by atoms with Crippen LogP contribution in [0.15, 0.2) is 11.6 Å². The molecule has 94 valence electrons. The molecule has 4 rings (SSSR count). The average molecular weight is 233 g/mol. The Morgan fingerprint density at radius 2 is 2.00 bits per heavy atom. The van der Waals surface area contributed by atoms with Crippen molar-refractivity contribution in [1.29, 1.82) is 0 Å². The summed E-state index contributed by atoms with van der Waals surface area (Å²) in [6, 6.07) is 0. The Morgan fingerprint density at radius 3 is 2.59 bits per heavy atom. The summed E-state index contributed by atoms with van der Waals surface area (Å²) in [5, 5.41) is 0. The Kier molecular flexibility index (Phi) is 2.57. The molecule has 2 heteroatoms. The van der Waals surface area contributed by atoms with Crippen molar-refractivity contribution >= 4 is 5.91 Å². The smallest absolute Gasteiger partial charge is 0.249 e. The minimum atomic E-state index is 0.348. The lowest BCUT2D eigenvalue weighted by atomic mass is 9.48. The van der Waals surface area contributed by atoms with Crippen LogP contribution in [0, 0.1) is 17.3 Å². The lowest BCUT2D eigenvalue weighted by Gasteiger charge is -2.56. The fraction of sp³-hybridized carbons (Fsp3) is 0.800. The van der Waals surface area contributed by atoms with Gasteiger partial charge >= 0.3 is 0 Å². The van der Waals surface area contributed by atoms with E-state index in [1.807, 2.05) is 0 Å². The van der Waals surface area contributed by atoms with Gasteiger partial charge in [-0.1, -0.05) is 19.9 Å². The molecule has 1 aliphatic heterocycles. The molecule has 0 aromatic heterocycles. The number of fused-ring (bicyclic) bond motifs is 1. The van der Waals surface area contributed by atoms with Crippen molar-refractivity contribution in [2.45, 2.75) is 46.0 Å². The van der Waals surface area contributed by atoms with Crippen molar-refractivity contribution in [3.8, 4) is 0 Å². The number of carbonyl (C=O) groups is 1. The van der Waals surface area contributed by atoms with Gasteiger partial charge in [0.05, 0.1) is 0 Å². The molecule has 1 heterocycles. The van der Waals surface area contributed by atoms with E-state index in [0.29, 0.717) is 17.2 Å². The van der Waals surface area contributed by atoms with Crippen LogP contribution in [0.25, 0.3) is 0 Å². The first-order valence-corrected chi connectivity index (χ1v) is 7.10. The van der Waals surface area contributed by atoms with Gasteiger partial charge in [0.15, 0.2) is 0 Å². The van der Waals surface area contributed by atoms with Gasteiger partial charge in [-0.25, -0.2) is 0 Å². The van der Waals surface area contributed by atoms with Crippen molar-refractivity contribution in [2.24, 2.45) is 17.3 Å². The first-order valence-electron chi connectivity index (χ1n) is 7.10. The van der Waals surface area contributed by atoms with Gasteiger partial charge in [0.2, 0.25) is 5.91 Å². The number of carbonyl (C=O) groups excluding carboxylic acids is 1. The van der Waals surface area contributed by atoms with Gasteiger partial charge < -0.3 is 4.90 Å². The van der Waals surface area contributed by atoms with E-state index in [4.69, 9.17) is 0 Å². The van der Waals surface area contributed by atoms with E-state index in [1.165, 1.54) is 25.7 Å². The summed E-state index contributed by atoms with van der Waals surface area (Å²) in [7, 11) is 0. The molecule has 2 nitrogen and oxygen atoms in total. The average Bonchev–Trinajstić information content (AvgIpc) is 2.38. The minimum absolute atomic E-state index is 0.348. The van der Waals surface area contributed by atoms with Gasteiger partial charge in [0.25, 0.3) is 0 Å². The molecule has 2 atom stereocenters. The standard InChI is InChI=1S/C15H23NO/c1-15(2)11-6-7-12(13(15)10-11)14(17)16-8-4-3-5-9-16/h7,11,13H,3-6,8-10H2,1-2H3/t11-,13-/m1/s1. The molecule has 0 N–H and O–H groups in total. The van der Waals surface area contributed by atoms with E-state index < -0.39 is 0 Å². The van der Waals surface area contributed by atoms with E-state index in [-0.39, 0.29) is 0 Å². The maximum Gasteiger partial charge on any atom is 0.249 e. The highest BCUT2D eigenvalue weighted by Gasteiger charge is 2.53. The molecule has 0 aromatic rings. The monoisotopic (exact) mass is 233 g/mol. The van der Waals surface area contributed by atoms with Crippen LogP contribution in [0.3, 0.4) is 0 Å². The normalized spacial score (nSPS) is 34.9. The second kappa shape index (κ2) is 3.86. The van der Waals surface area contributed by atoms with Crippen LogP contribution in [0.5, 0.6) is 0 Å². The number of likely N-dealkylation sites (tertiary alicyclic amines) is 1. The maximum absolute atomic E-state index is 12.5. The fourth-order valence-electron chi connectivity index (χ4n) is 3.87. The van der Waals surface area contributed by atoms with E-state index >= 15 is 0 Å². The number of hydrogen-bond donors (Lipinski definition) is 0. The first kappa shape index (κ1) is 11.3. The second-order valence-electron chi connectivity index (χ2n) is 6.55. The number of rotatable bonds is 1. The topological polar surface area (TPSA) is 20.3 Å². The van der Waals surface area contributed by atoms with Gasteiger partial charge in [0, 0.05) is 18.7 Å². The molecule has 2 bridgehead atoms. The van der Waals surface area contributed by atoms with E-state index in [1.54, 1.807) is 0 Å². The van der Waals surface area contributed by atoms with Crippen molar-refractivity contribution in [3.63, 3.8) is 0 Å². The minimum Gasteiger partial charge on any atom is -0.339 e. The zero-order valence-electron chi connectivity index (χ0n) is 11.0. The zero-order valence-corrected chi connectivity index (χ0v) is 11.0. The number of allylic oxidation sites excluding steroid dienone is 1. The molecule has 1 saturated heterocycles. The summed E-state index contributed by atoms with van der Waals surface area (Å²) in [6.45, 7) is 6.63. The molecule has 1 amide bonds. The van der Waals surface area contributed by atoms with Crippen LogP contribution in [-0.4, -0.2) is 23.9 Å². The van der Waals surface area contributed by atoms with E-state index in [9.17, 15) is 4.79 Å². The van der Waals surface area contributed by atoms with Crippen molar-refractivity contribution < 1.29 is 4.79 Å². The lowest BCUT2D eigenvalue weighted by Crippen LogP contribution is -2.51. The number of hydrogen-bond acceptors (Lipinski definition) is 1. The molecule has 0 radical (unpaired) electrons. The quantitative estimate of drug-likeness (QED) is 0.682. The van der Waals surface area contributed by atoms with Gasteiger partial charge in [-0.15, -0.1) is 0 Å². The van der Waals surface area contributed by atoms with Crippen LogP contribution in [0.4, 0.5) is 0 Å². The zero-order chi connectivity index (χ0) is 12.0. The summed E-state index contributed by atoms with van der Waals surface area (Å²) in [5.41, 5.74) is 1.51. The molecule has 3 aliphatic carbocycles. The number of piperidine rings is 1. The van der Waals surface area contributed by atoms with Crippen LogP contribution >= 0.6 is 0 Å². The molecular formula is C15H23NO. The molecule has 2 fully saturated rings. The summed E-state index contributed by atoms with van der Waals surface area (Å²) < 4.78 is 0. The Balaban J connectivity index is 1.76. The van der Waals surface area contributed by atoms with Crippen molar-refractivity contribution in [3.05, 3.63) is 11.6 Å². The van der Waals surface area contributed by atoms with Gasteiger partial charge in [-0.3, -0.25) is 4.79 Å². The highest BCUT2D eigenvalue weighted by Crippen LogP contribution is 2.59. The molecule has 17 heavy (non-hydrogen) atoms. The third kappa shape index (κ3) is 1.64. The predicted molar refractivity (Wildman–Crippen MR) is 68.5 cm³/mol. The molecule has 1 saturated carbocycles. The third-order valence-corrected chi connectivity index (χ3v) is 5.36. The molecule has 0 unspecified atom stereocenters. The second-order valence-corrected chi connectivity index (χ2v) is 6.55. The number of nitrogens with zero attached hydrogens (tertiary/aromatic N) is 1. The summed E-state index contributed by atoms with van der Waals surface area (Å²) >= 11 is 0. The Morgan fingerprint density at radius 1 is 1.29 bits per heavy atom. The Bertz CT molecular complexity index is 363. The molecule has 4 aliphatic rings. The predicted octanol–water partition coefficient (Wildman–Crippen LogP) is 2.99.